The van der Waals surface area contributed by atoms with Crippen molar-refractivity contribution in [1.29, 1.82) is 0 Å². The quantitative estimate of drug-likeness (QED) is 0.127. The molecule has 0 aromatic heterocycles. The minimum absolute atomic E-state index is 0.00816. The highest BCUT2D eigenvalue weighted by Crippen LogP contribution is 2.43. The lowest BCUT2D eigenvalue weighted by molar-refractivity contribution is -0.312. The number of methoxy groups -OCH3 is 1. The summed E-state index contributed by atoms with van der Waals surface area (Å²) in [4.78, 5) is 13.6. The van der Waals surface area contributed by atoms with Crippen LogP contribution in [0.15, 0.2) is 37.0 Å². The van der Waals surface area contributed by atoms with Crippen molar-refractivity contribution in [2.75, 3.05) is 13.7 Å². The first kappa shape index (κ1) is 37.8. The van der Waals surface area contributed by atoms with Crippen LogP contribution in [0.2, 0.25) is 0 Å². The minimum atomic E-state index is -1.33. The van der Waals surface area contributed by atoms with Gasteiger partial charge in [0, 0.05) is 24.4 Å². The zero-order valence-corrected chi connectivity index (χ0v) is 28.0. The number of hydrogen-bond donors (Lipinski definition) is 4. The van der Waals surface area contributed by atoms with Crippen LogP contribution in [0.5, 0.6) is 0 Å². The van der Waals surface area contributed by atoms with E-state index in [0.717, 1.165) is 19.3 Å². The third-order valence-electron chi connectivity index (χ3n) is 9.88. The van der Waals surface area contributed by atoms with Crippen LogP contribution in [0.4, 0.5) is 0 Å². The molecule has 0 amide bonds. The predicted octanol–water partition coefficient (Wildman–Crippen LogP) is 3.99. The van der Waals surface area contributed by atoms with E-state index in [1.54, 1.807) is 0 Å². The second-order valence-corrected chi connectivity index (χ2v) is 14.3. The predicted molar refractivity (Wildman–Crippen MR) is 170 cm³/mol. The van der Waals surface area contributed by atoms with E-state index in [9.17, 15) is 25.2 Å². The Kier molecular flexibility index (Phi) is 14.3. The number of aliphatic hydroxyl groups excluding tert-OH is 4. The van der Waals surface area contributed by atoms with Crippen LogP contribution in [0, 0.1) is 16.7 Å². The van der Waals surface area contributed by atoms with E-state index in [0.29, 0.717) is 25.7 Å². The summed E-state index contributed by atoms with van der Waals surface area (Å²) >= 11 is 0. The summed E-state index contributed by atoms with van der Waals surface area (Å²) in [6.45, 7) is 13.4. The molecule has 10 heteroatoms. The van der Waals surface area contributed by atoms with E-state index in [4.69, 9.17) is 23.7 Å². The number of carbonyl (C=O) groups is 1. The van der Waals surface area contributed by atoms with Crippen LogP contribution in [0.3, 0.4) is 0 Å². The van der Waals surface area contributed by atoms with Crippen molar-refractivity contribution in [2.24, 2.45) is 16.7 Å². The molecule has 3 aliphatic heterocycles. The van der Waals surface area contributed by atoms with Gasteiger partial charge in [-0.1, -0.05) is 58.9 Å². The highest BCUT2D eigenvalue weighted by Gasteiger charge is 2.50. The molecule has 3 heterocycles. The first-order valence-electron chi connectivity index (χ1n) is 16.5. The lowest BCUT2D eigenvalue weighted by Crippen LogP contribution is -2.59. The monoisotopic (exact) mass is 638 g/mol. The second kappa shape index (κ2) is 17.0. The average Bonchev–Trinajstić information content (AvgIpc) is 2.96. The highest BCUT2D eigenvalue weighted by atomic mass is 16.7. The van der Waals surface area contributed by atoms with Crippen molar-refractivity contribution in [3.63, 3.8) is 0 Å². The van der Waals surface area contributed by atoms with Gasteiger partial charge in [0.1, 0.15) is 24.4 Å². The number of unbranched alkanes of at least 4 members (excludes halogenated alkanes) is 2. The molecule has 3 saturated heterocycles. The van der Waals surface area contributed by atoms with Gasteiger partial charge >= 0.3 is 5.97 Å². The number of carbonyl (C=O) groups excluding carboxylic acids is 1. The Morgan fingerprint density at radius 3 is 2.40 bits per heavy atom. The smallest absolute Gasteiger partial charge is 0.309 e. The van der Waals surface area contributed by atoms with Crippen LogP contribution in [0.1, 0.15) is 86.0 Å². The molecule has 3 rings (SSSR count). The van der Waals surface area contributed by atoms with Crippen LogP contribution >= 0.6 is 0 Å². The van der Waals surface area contributed by atoms with Gasteiger partial charge in [0.2, 0.25) is 0 Å². The number of ether oxygens (including phenoxy) is 5. The summed E-state index contributed by atoms with van der Waals surface area (Å²) in [6.07, 6.45) is 5.85. The highest BCUT2D eigenvalue weighted by molar-refractivity contribution is 5.70. The largest absolute Gasteiger partial charge is 0.457 e. The van der Waals surface area contributed by atoms with E-state index in [1.807, 2.05) is 58.9 Å². The zero-order valence-electron chi connectivity index (χ0n) is 28.0. The molecule has 0 unspecified atom stereocenters. The molecule has 2 bridgehead atoms. The minimum Gasteiger partial charge on any atom is -0.457 e. The van der Waals surface area contributed by atoms with Crippen molar-refractivity contribution in [3.8, 4) is 0 Å². The molecule has 11 atom stereocenters. The van der Waals surface area contributed by atoms with E-state index in [1.165, 1.54) is 7.11 Å². The Morgan fingerprint density at radius 2 is 1.71 bits per heavy atom. The maximum Gasteiger partial charge on any atom is 0.309 e. The lowest BCUT2D eigenvalue weighted by Gasteiger charge is -2.50. The molecule has 0 spiro atoms. The van der Waals surface area contributed by atoms with Crippen molar-refractivity contribution in [2.45, 2.75) is 147 Å². The number of esters is 1. The maximum atomic E-state index is 13.6. The Hall–Kier alpha value is -1.63. The third-order valence-corrected chi connectivity index (χ3v) is 9.88. The van der Waals surface area contributed by atoms with Crippen molar-refractivity contribution < 1.29 is 48.9 Å². The molecule has 4 N–H and O–H groups in total. The van der Waals surface area contributed by atoms with Crippen LogP contribution < -0.4 is 0 Å². The molecular formula is C35H58O10. The third kappa shape index (κ3) is 10.2. The number of fused-ring (bicyclic) bond motifs is 2. The Labute approximate surface area is 269 Å². The second-order valence-electron chi connectivity index (χ2n) is 14.3. The Balaban J connectivity index is 1.86. The van der Waals surface area contributed by atoms with Crippen LogP contribution in [-0.4, -0.2) is 101 Å². The molecule has 10 nitrogen and oxygen atoms in total. The van der Waals surface area contributed by atoms with Gasteiger partial charge in [-0.15, -0.1) is 6.58 Å². The SMILES string of the molecule is C=CCCC/C=C/C=C/[C@H]1OC(=O)C[C@@H]2O[C@H](C[C@H](O)C[C@H](C)C[C@@H](O)C1(C)C)C[C@H](O[C@@H]1OC[C@@H](OC)[C@H](O)[C@H]1O)C2(C)C. The standard InChI is InChI=1S/C35H58O10/c1-8-9-10-11-12-13-14-15-27-34(3,4)26(37)17-22(2)16-23(36)18-24-19-28(35(5,6)29(43-24)20-30(38)44-27)45-33-32(40)31(39)25(41-7)21-42-33/h8,12-15,22-29,31-33,36-37,39-40H,1,9-11,16-21H2,2-7H3/b13-12+,15-14+/t22-,23+,24+,25+,26+,27+,28-,29-,31-,32+,33-/m0/s1. The number of allylic oxidation sites excluding steroid dienone is 4. The van der Waals surface area contributed by atoms with Gasteiger partial charge in [-0.05, 0) is 50.5 Å². The molecule has 0 aromatic rings. The summed E-state index contributed by atoms with van der Waals surface area (Å²) < 4.78 is 29.9. The molecule has 258 valence electrons. The number of cyclic esters (lactones) is 1. The molecule has 3 aliphatic rings. The van der Waals surface area contributed by atoms with Gasteiger partial charge in [0.15, 0.2) is 6.29 Å². The molecule has 45 heavy (non-hydrogen) atoms. The van der Waals surface area contributed by atoms with E-state index in [2.05, 4.69) is 12.7 Å². The van der Waals surface area contributed by atoms with Crippen LogP contribution in [0.25, 0.3) is 0 Å². The number of rotatable bonds is 9. The molecule has 3 fully saturated rings. The average molecular weight is 639 g/mol. The summed E-state index contributed by atoms with van der Waals surface area (Å²) in [7, 11) is 1.44. The normalized spacial score (nSPS) is 39.8. The molecule has 0 radical (unpaired) electrons. The summed E-state index contributed by atoms with van der Waals surface area (Å²) in [5.41, 5.74) is -1.54. The topological polar surface area (TPSA) is 144 Å². The molecular weight excluding hydrogens is 580 g/mol. The Bertz CT molecular complexity index is 993. The fraction of sp³-hybridized carbons (Fsp3) is 0.800. The molecule has 0 saturated carbocycles. The Morgan fingerprint density at radius 1 is 0.978 bits per heavy atom. The molecule has 0 aromatic carbocycles. The lowest BCUT2D eigenvalue weighted by atomic mass is 9.73. The van der Waals surface area contributed by atoms with Gasteiger partial charge in [0.05, 0.1) is 43.5 Å². The molecule has 0 aliphatic carbocycles. The fourth-order valence-electron chi connectivity index (χ4n) is 6.50. The fourth-order valence-corrected chi connectivity index (χ4v) is 6.50. The number of aliphatic hydroxyl groups is 4. The van der Waals surface area contributed by atoms with Crippen molar-refractivity contribution >= 4 is 5.97 Å². The first-order chi connectivity index (χ1) is 21.2. The first-order valence-corrected chi connectivity index (χ1v) is 16.5. The summed E-state index contributed by atoms with van der Waals surface area (Å²) in [5.74, 6) is -0.485. The van der Waals surface area contributed by atoms with E-state index in [-0.39, 0.29) is 18.9 Å². The van der Waals surface area contributed by atoms with Crippen molar-refractivity contribution in [1.82, 2.24) is 0 Å². The van der Waals surface area contributed by atoms with Gasteiger partial charge in [-0.2, -0.15) is 0 Å². The zero-order chi connectivity index (χ0) is 33.4. The van der Waals surface area contributed by atoms with Crippen molar-refractivity contribution in [3.05, 3.63) is 37.0 Å². The van der Waals surface area contributed by atoms with Gasteiger partial charge in [-0.25, -0.2) is 0 Å². The maximum absolute atomic E-state index is 13.6. The van der Waals surface area contributed by atoms with Gasteiger partial charge in [-0.3, -0.25) is 4.79 Å². The summed E-state index contributed by atoms with van der Waals surface area (Å²) in [5, 5.41) is 43.7. The van der Waals surface area contributed by atoms with Gasteiger partial charge < -0.3 is 44.1 Å². The van der Waals surface area contributed by atoms with E-state index >= 15 is 0 Å². The number of hydrogen-bond acceptors (Lipinski definition) is 10. The van der Waals surface area contributed by atoms with E-state index < -0.39 is 78.0 Å². The van der Waals surface area contributed by atoms with Gasteiger partial charge in [0.25, 0.3) is 0 Å². The van der Waals surface area contributed by atoms with Crippen LogP contribution in [-0.2, 0) is 28.5 Å². The summed E-state index contributed by atoms with van der Waals surface area (Å²) in [6, 6.07) is 0.